The SMILES string of the molecule is COc1ccc(CNC(=O)C2CCCc3ccccc32)cn1. The highest BCUT2D eigenvalue weighted by molar-refractivity contribution is 5.84. The van der Waals surface area contributed by atoms with Gasteiger partial charge in [0.25, 0.3) is 0 Å². The van der Waals surface area contributed by atoms with Crippen molar-refractivity contribution in [1.82, 2.24) is 10.3 Å². The van der Waals surface area contributed by atoms with Crippen LogP contribution in [0.15, 0.2) is 42.6 Å². The van der Waals surface area contributed by atoms with E-state index in [9.17, 15) is 4.79 Å². The van der Waals surface area contributed by atoms with Gasteiger partial charge in [0.2, 0.25) is 11.8 Å². The number of nitrogens with zero attached hydrogens (tertiary/aromatic N) is 1. The molecule has 1 aromatic heterocycles. The van der Waals surface area contributed by atoms with Gasteiger partial charge in [-0.15, -0.1) is 0 Å². The van der Waals surface area contributed by atoms with E-state index in [0.29, 0.717) is 12.4 Å². The number of methoxy groups -OCH3 is 1. The molecular weight excluding hydrogens is 276 g/mol. The van der Waals surface area contributed by atoms with Crippen LogP contribution in [0.25, 0.3) is 0 Å². The van der Waals surface area contributed by atoms with E-state index >= 15 is 0 Å². The van der Waals surface area contributed by atoms with E-state index in [4.69, 9.17) is 4.74 Å². The molecule has 0 saturated carbocycles. The number of pyridine rings is 1. The lowest BCUT2D eigenvalue weighted by molar-refractivity contribution is -0.123. The molecule has 22 heavy (non-hydrogen) atoms. The first-order chi connectivity index (χ1) is 10.8. The molecule has 1 aromatic carbocycles. The lowest BCUT2D eigenvalue weighted by Gasteiger charge is -2.24. The maximum Gasteiger partial charge on any atom is 0.227 e. The number of fused-ring (bicyclic) bond motifs is 1. The second-order valence-electron chi connectivity index (χ2n) is 5.57. The summed E-state index contributed by atoms with van der Waals surface area (Å²) in [6.45, 7) is 0.495. The summed E-state index contributed by atoms with van der Waals surface area (Å²) in [6.07, 6.45) is 4.79. The molecule has 1 N–H and O–H groups in total. The van der Waals surface area contributed by atoms with Crippen LogP contribution in [-0.4, -0.2) is 18.0 Å². The fourth-order valence-corrected chi connectivity index (χ4v) is 2.97. The van der Waals surface area contributed by atoms with Gasteiger partial charge in [0.15, 0.2) is 0 Å². The maximum atomic E-state index is 12.5. The fraction of sp³-hybridized carbons (Fsp3) is 0.333. The van der Waals surface area contributed by atoms with Crippen molar-refractivity contribution in [1.29, 1.82) is 0 Å². The zero-order valence-electron chi connectivity index (χ0n) is 12.7. The zero-order chi connectivity index (χ0) is 15.4. The summed E-state index contributed by atoms with van der Waals surface area (Å²) in [5.41, 5.74) is 3.46. The first kappa shape index (κ1) is 14.6. The standard InChI is InChI=1S/C18H20N2O2/c1-22-17-10-9-13(11-19-17)12-20-18(21)16-8-4-6-14-5-2-3-7-15(14)16/h2-3,5,7,9-11,16H,4,6,8,12H2,1H3,(H,20,21). The minimum Gasteiger partial charge on any atom is -0.481 e. The predicted octanol–water partition coefficient (Wildman–Crippen LogP) is 2.83. The van der Waals surface area contributed by atoms with Crippen molar-refractivity contribution in [3.8, 4) is 5.88 Å². The smallest absolute Gasteiger partial charge is 0.227 e. The first-order valence-electron chi connectivity index (χ1n) is 7.62. The van der Waals surface area contributed by atoms with Crippen molar-refractivity contribution in [3.63, 3.8) is 0 Å². The number of hydrogen-bond donors (Lipinski definition) is 1. The van der Waals surface area contributed by atoms with Gasteiger partial charge in [-0.1, -0.05) is 30.3 Å². The minimum atomic E-state index is -0.0313. The molecule has 1 aliphatic carbocycles. The van der Waals surface area contributed by atoms with Crippen LogP contribution >= 0.6 is 0 Å². The van der Waals surface area contributed by atoms with Gasteiger partial charge in [-0.3, -0.25) is 4.79 Å². The number of benzene rings is 1. The molecule has 0 spiro atoms. The van der Waals surface area contributed by atoms with Crippen molar-refractivity contribution < 1.29 is 9.53 Å². The molecule has 1 amide bonds. The molecule has 4 heteroatoms. The van der Waals surface area contributed by atoms with Gasteiger partial charge in [0.1, 0.15) is 0 Å². The second kappa shape index (κ2) is 6.60. The summed E-state index contributed by atoms with van der Waals surface area (Å²) in [6, 6.07) is 12.0. The predicted molar refractivity (Wildman–Crippen MR) is 84.8 cm³/mol. The molecule has 1 aliphatic rings. The Morgan fingerprint density at radius 1 is 1.32 bits per heavy atom. The second-order valence-corrected chi connectivity index (χ2v) is 5.57. The first-order valence-corrected chi connectivity index (χ1v) is 7.62. The quantitative estimate of drug-likeness (QED) is 0.944. The molecule has 3 rings (SSSR count). The number of amides is 1. The van der Waals surface area contributed by atoms with E-state index < -0.39 is 0 Å². The summed E-state index contributed by atoms with van der Waals surface area (Å²) < 4.78 is 5.03. The monoisotopic (exact) mass is 296 g/mol. The number of ether oxygens (including phenoxy) is 1. The van der Waals surface area contributed by atoms with Crippen LogP contribution in [0.3, 0.4) is 0 Å². The number of rotatable bonds is 4. The van der Waals surface area contributed by atoms with Gasteiger partial charge < -0.3 is 10.1 Å². The molecule has 1 atom stereocenters. The van der Waals surface area contributed by atoms with E-state index in [1.54, 1.807) is 19.4 Å². The van der Waals surface area contributed by atoms with Crippen LogP contribution in [0.1, 0.15) is 35.4 Å². The van der Waals surface area contributed by atoms with Crippen molar-refractivity contribution in [2.24, 2.45) is 0 Å². The lowest BCUT2D eigenvalue weighted by atomic mass is 9.82. The van der Waals surface area contributed by atoms with Crippen LogP contribution in [0.4, 0.5) is 0 Å². The van der Waals surface area contributed by atoms with Crippen molar-refractivity contribution in [3.05, 3.63) is 59.3 Å². The van der Waals surface area contributed by atoms with Crippen molar-refractivity contribution in [2.75, 3.05) is 7.11 Å². The normalized spacial score (nSPS) is 16.7. The number of aryl methyl sites for hydroxylation is 1. The third kappa shape index (κ3) is 3.11. The Kier molecular flexibility index (Phi) is 4.37. The number of carbonyl (C=O) groups excluding carboxylic acids is 1. The van der Waals surface area contributed by atoms with Crippen LogP contribution in [0.5, 0.6) is 5.88 Å². The molecule has 0 aliphatic heterocycles. The summed E-state index contributed by atoms with van der Waals surface area (Å²) >= 11 is 0. The Morgan fingerprint density at radius 2 is 2.18 bits per heavy atom. The van der Waals surface area contributed by atoms with Crippen LogP contribution in [0, 0.1) is 0 Å². The topological polar surface area (TPSA) is 51.2 Å². The highest BCUT2D eigenvalue weighted by Crippen LogP contribution is 2.31. The molecule has 0 radical (unpaired) electrons. The third-order valence-corrected chi connectivity index (χ3v) is 4.16. The third-order valence-electron chi connectivity index (χ3n) is 4.16. The number of hydrogen-bond acceptors (Lipinski definition) is 3. The van der Waals surface area contributed by atoms with Gasteiger partial charge in [0, 0.05) is 18.8 Å². The Balaban J connectivity index is 1.65. The molecule has 1 unspecified atom stereocenters. The molecule has 0 saturated heterocycles. The molecule has 0 fully saturated rings. The van der Waals surface area contributed by atoms with Crippen LogP contribution in [-0.2, 0) is 17.8 Å². The van der Waals surface area contributed by atoms with E-state index in [1.165, 1.54) is 11.1 Å². The summed E-state index contributed by atoms with van der Waals surface area (Å²) in [4.78, 5) is 16.7. The van der Waals surface area contributed by atoms with E-state index in [-0.39, 0.29) is 11.8 Å². The van der Waals surface area contributed by atoms with Gasteiger partial charge >= 0.3 is 0 Å². The largest absolute Gasteiger partial charge is 0.481 e. The fourth-order valence-electron chi connectivity index (χ4n) is 2.97. The highest BCUT2D eigenvalue weighted by Gasteiger charge is 2.25. The Morgan fingerprint density at radius 3 is 2.95 bits per heavy atom. The number of aromatic nitrogens is 1. The van der Waals surface area contributed by atoms with Crippen molar-refractivity contribution in [2.45, 2.75) is 31.7 Å². The molecular formula is C18H20N2O2. The van der Waals surface area contributed by atoms with Gasteiger partial charge in [-0.05, 0) is 36.0 Å². The summed E-state index contributed by atoms with van der Waals surface area (Å²) in [7, 11) is 1.59. The summed E-state index contributed by atoms with van der Waals surface area (Å²) in [5.74, 6) is 0.649. The molecule has 2 aromatic rings. The maximum absolute atomic E-state index is 12.5. The van der Waals surface area contributed by atoms with Crippen molar-refractivity contribution >= 4 is 5.91 Å². The average molecular weight is 296 g/mol. The summed E-state index contributed by atoms with van der Waals surface area (Å²) in [5, 5.41) is 3.03. The molecule has 114 valence electrons. The van der Waals surface area contributed by atoms with Crippen LogP contribution in [0.2, 0.25) is 0 Å². The van der Waals surface area contributed by atoms with E-state index in [0.717, 1.165) is 24.8 Å². The Bertz CT molecular complexity index is 652. The minimum absolute atomic E-state index is 0.0313. The number of carbonyl (C=O) groups is 1. The van der Waals surface area contributed by atoms with Crippen LogP contribution < -0.4 is 10.1 Å². The zero-order valence-corrected chi connectivity index (χ0v) is 12.7. The molecule has 1 heterocycles. The van der Waals surface area contributed by atoms with E-state index in [2.05, 4.69) is 22.4 Å². The van der Waals surface area contributed by atoms with Gasteiger partial charge in [-0.2, -0.15) is 0 Å². The van der Waals surface area contributed by atoms with Gasteiger partial charge in [-0.25, -0.2) is 4.98 Å². The number of nitrogens with one attached hydrogen (secondary N) is 1. The average Bonchev–Trinajstić information content (AvgIpc) is 2.59. The molecule has 4 nitrogen and oxygen atoms in total. The van der Waals surface area contributed by atoms with E-state index in [1.807, 2.05) is 18.2 Å². The van der Waals surface area contributed by atoms with Gasteiger partial charge in [0.05, 0.1) is 13.0 Å². The Hall–Kier alpha value is -2.36. The lowest BCUT2D eigenvalue weighted by Crippen LogP contribution is -2.31. The highest BCUT2D eigenvalue weighted by atomic mass is 16.5. The Labute approximate surface area is 130 Å². The molecule has 0 bridgehead atoms.